The summed E-state index contributed by atoms with van der Waals surface area (Å²) >= 11 is 0. The van der Waals surface area contributed by atoms with Gasteiger partial charge in [0.2, 0.25) is 0 Å². The van der Waals surface area contributed by atoms with Gasteiger partial charge in [0, 0.05) is 18.8 Å². The minimum Gasteiger partial charge on any atom is -0.264 e. The van der Waals surface area contributed by atoms with E-state index in [4.69, 9.17) is 0 Å². The molecule has 2 heteroatoms. The number of hydrogen-bond donors (Lipinski definition) is 0. The minimum atomic E-state index is -0.311. The van der Waals surface area contributed by atoms with Gasteiger partial charge in [-0.3, -0.25) is 4.98 Å². The number of allylic oxidation sites excluding steroid dienone is 1. The molecule has 0 unspecified atom stereocenters. The predicted molar refractivity (Wildman–Crippen MR) is 63.6 cm³/mol. The normalized spacial score (nSPS) is 10.1. The van der Waals surface area contributed by atoms with E-state index in [9.17, 15) is 4.39 Å². The summed E-state index contributed by atoms with van der Waals surface area (Å²) in [6, 6.07) is 11.6. The Labute approximate surface area is 94.3 Å². The molecule has 0 spiro atoms. The van der Waals surface area contributed by atoms with E-state index in [0.29, 0.717) is 0 Å². The van der Waals surface area contributed by atoms with Crippen LogP contribution < -0.4 is 0 Å². The molecule has 0 aliphatic rings. The summed E-state index contributed by atoms with van der Waals surface area (Å²) < 4.78 is 12.6. The van der Waals surface area contributed by atoms with Crippen molar-refractivity contribution < 1.29 is 4.39 Å². The standard InChI is InChI=1S/C14H12FN/c1-11(15)9-12-4-6-13(7-5-12)14-3-2-8-16-10-14/h2-8,10H,1,9H2. The fourth-order valence-corrected chi connectivity index (χ4v) is 1.57. The first-order chi connectivity index (χ1) is 7.75. The van der Waals surface area contributed by atoms with Crippen LogP contribution in [-0.4, -0.2) is 4.98 Å². The number of nitrogens with zero attached hydrogens (tertiary/aromatic N) is 1. The lowest BCUT2D eigenvalue weighted by atomic mass is 10.0. The van der Waals surface area contributed by atoms with Gasteiger partial charge in [0.25, 0.3) is 0 Å². The van der Waals surface area contributed by atoms with E-state index in [1.165, 1.54) is 0 Å². The third-order valence-corrected chi connectivity index (χ3v) is 2.34. The molecule has 0 amide bonds. The van der Waals surface area contributed by atoms with Crippen molar-refractivity contribution >= 4 is 0 Å². The Morgan fingerprint density at radius 1 is 1.12 bits per heavy atom. The van der Waals surface area contributed by atoms with E-state index >= 15 is 0 Å². The maximum Gasteiger partial charge on any atom is 0.0971 e. The van der Waals surface area contributed by atoms with E-state index in [0.717, 1.165) is 16.7 Å². The van der Waals surface area contributed by atoms with Gasteiger partial charge in [0.05, 0.1) is 5.83 Å². The SMILES string of the molecule is C=C(F)Cc1ccc(-c2cccnc2)cc1. The van der Waals surface area contributed by atoms with Gasteiger partial charge >= 0.3 is 0 Å². The van der Waals surface area contributed by atoms with Crippen LogP contribution in [0.3, 0.4) is 0 Å². The molecule has 2 rings (SSSR count). The van der Waals surface area contributed by atoms with Crippen molar-refractivity contribution in [3.05, 3.63) is 66.8 Å². The Balaban J connectivity index is 2.23. The molecule has 0 radical (unpaired) electrons. The molecule has 0 bridgehead atoms. The van der Waals surface area contributed by atoms with E-state index in [1.807, 2.05) is 42.6 Å². The molecule has 1 aromatic carbocycles. The molecule has 0 saturated carbocycles. The first kappa shape index (κ1) is 10.6. The highest BCUT2D eigenvalue weighted by Crippen LogP contribution is 2.19. The number of halogens is 1. The Morgan fingerprint density at radius 3 is 2.44 bits per heavy atom. The van der Waals surface area contributed by atoms with Gasteiger partial charge in [-0.1, -0.05) is 36.9 Å². The maximum atomic E-state index is 12.6. The molecular weight excluding hydrogens is 201 g/mol. The summed E-state index contributed by atoms with van der Waals surface area (Å²) in [4.78, 5) is 4.06. The van der Waals surface area contributed by atoms with Crippen molar-refractivity contribution in [2.75, 3.05) is 0 Å². The largest absolute Gasteiger partial charge is 0.264 e. The molecule has 1 aromatic heterocycles. The third kappa shape index (κ3) is 2.54. The zero-order chi connectivity index (χ0) is 11.4. The molecule has 0 saturated heterocycles. The summed E-state index contributed by atoms with van der Waals surface area (Å²) in [5, 5.41) is 0. The number of hydrogen-bond acceptors (Lipinski definition) is 1. The number of aromatic nitrogens is 1. The lowest BCUT2D eigenvalue weighted by Crippen LogP contribution is -1.85. The van der Waals surface area contributed by atoms with Crippen LogP contribution in [0.2, 0.25) is 0 Å². The van der Waals surface area contributed by atoms with Crippen molar-refractivity contribution in [1.82, 2.24) is 4.98 Å². The molecule has 16 heavy (non-hydrogen) atoms. The van der Waals surface area contributed by atoms with Gasteiger partial charge in [-0.25, -0.2) is 4.39 Å². The van der Waals surface area contributed by atoms with Crippen LogP contribution in [0.4, 0.5) is 4.39 Å². The molecular formula is C14H12FN. The topological polar surface area (TPSA) is 12.9 Å². The first-order valence-corrected chi connectivity index (χ1v) is 5.08. The van der Waals surface area contributed by atoms with Crippen molar-refractivity contribution in [2.24, 2.45) is 0 Å². The molecule has 0 N–H and O–H groups in total. The minimum absolute atomic E-state index is 0.285. The predicted octanol–water partition coefficient (Wildman–Crippen LogP) is 3.77. The highest BCUT2D eigenvalue weighted by Gasteiger charge is 1.99. The Bertz CT molecular complexity index is 474. The third-order valence-electron chi connectivity index (χ3n) is 2.34. The summed E-state index contributed by atoms with van der Waals surface area (Å²) in [6.45, 7) is 3.25. The lowest BCUT2D eigenvalue weighted by Gasteiger charge is -2.02. The van der Waals surface area contributed by atoms with Crippen molar-refractivity contribution in [1.29, 1.82) is 0 Å². The fraction of sp³-hybridized carbons (Fsp3) is 0.0714. The van der Waals surface area contributed by atoms with Crippen LogP contribution in [0.25, 0.3) is 11.1 Å². The van der Waals surface area contributed by atoms with E-state index in [1.54, 1.807) is 6.20 Å². The second-order valence-electron chi connectivity index (χ2n) is 3.63. The maximum absolute atomic E-state index is 12.6. The number of benzene rings is 1. The molecule has 1 heterocycles. The molecule has 2 aromatic rings. The van der Waals surface area contributed by atoms with Crippen LogP contribution in [0.5, 0.6) is 0 Å². The summed E-state index contributed by atoms with van der Waals surface area (Å²) in [5.74, 6) is -0.311. The van der Waals surface area contributed by atoms with Gasteiger partial charge in [0.1, 0.15) is 0 Å². The van der Waals surface area contributed by atoms with E-state index < -0.39 is 0 Å². The van der Waals surface area contributed by atoms with Crippen molar-refractivity contribution in [3.63, 3.8) is 0 Å². The average molecular weight is 213 g/mol. The summed E-state index contributed by atoms with van der Waals surface area (Å²) in [6.07, 6.45) is 3.83. The second-order valence-corrected chi connectivity index (χ2v) is 3.63. The van der Waals surface area contributed by atoms with Crippen LogP contribution >= 0.6 is 0 Å². The summed E-state index contributed by atoms with van der Waals surface area (Å²) in [5.41, 5.74) is 3.08. The smallest absolute Gasteiger partial charge is 0.0971 e. The summed E-state index contributed by atoms with van der Waals surface area (Å²) in [7, 11) is 0. The number of pyridine rings is 1. The quantitative estimate of drug-likeness (QED) is 0.756. The Morgan fingerprint density at radius 2 is 1.88 bits per heavy atom. The monoisotopic (exact) mass is 213 g/mol. The molecule has 0 aliphatic heterocycles. The van der Waals surface area contributed by atoms with E-state index in [-0.39, 0.29) is 12.2 Å². The van der Waals surface area contributed by atoms with Gasteiger partial charge in [-0.05, 0) is 22.8 Å². The first-order valence-electron chi connectivity index (χ1n) is 5.08. The molecule has 0 aliphatic carbocycles. The molecule has 0 atom stereocenters. The lowest BCUT2D eigenvalue weighted by molar-refractivity contribution is 0.617. The van der Waals surface area contributed by atoms with Crippen molar-refractivity contribution in [3.8, 4) is 11.1 Å². The Kier molecular flexibility index (Phi) is 3.10. The van der Waals surface area contributed by atoms with Gasteiger partial charge in [-0.15, -0.1) is 0 Å². The molecule has 80 valence electrons. The highest BCUT2D eigenvalue weighted by molar-refractivity contribution is 5.62. The zero-order valence-electron chi connectivity index (χ0n) is 8.86. The van der Waals surface area contributed by atoms with Crippen LogP contribution in [0.15, 0.2) is 61.2 Å². The van der Waals surface area contributed by atoms with Crippen LogP contribution in [0, 0.1) is 0 Å². The number of rotatable bonds is 3. The molecule has 0 fully saturated rings. The van der Waals surface area contributed by atoms with Gasteiger partial charge in [-0.2, -0.15) is 0 Å². The fourth-order valence-electron chi connectivity index (χ4n) is 1.57. The van der Waals surface area contributed by atoms with Crippen molar-refractivity contribution in [2.45, 2.75) is 6.42 Å². The van der Waals surface area contributed by atoms with Gasteiger partial charge in [0.15, 0.2) is 0 Å². The average Bonchev–Trinajstić information content (AvgIpc) is 2.30. The van der Waals surface area contributed by atoms with E-state index in [2.05, 4.69) is 11.6 Å². The Hall–Kier alpha value is -1.96. The zero-order valence-corrected chi connectivity index (χ0v) is 8.86. The highest BCUT2D eigenvalue weighted by atomic mass is 19.1. The van der Waals surface area contributed by atoms with Crippen LogP contribution in [-0.2, 0) is 6.42 Å². The van der Waals surface area contributed by atoms with Gasteiger partial charge < -0.3 is 0 Å². The second kappa shape index (κ2) is 4.71. The van der Waals surface area contributed by atoms with Crippen LogP contribution in [0.1, 0.15) is 5.56 Å². The molecule has 1 nitrogen and oxygen atoms in total.